The summed E-state index contributed by atoms with van der Waals surface area (Å²) >= 11 is 0. The van der Waals surface area contributed by atoms with Crippen molar-refractivity contribution in [1.82, 2.24) is 10.6 Å². The molecule has 130 valence electrons. The van der Waals surface area contributed by atoms with E-state index in [1.165, 1.54) is 25.1 Å². The maximum atomic E-state index is 13.1. The van der Waals surface area contributed by atoms with Gasteiger partial charge in [0, 0.05) is 6.04 Å². The van der Waals surface area contributed by atoms with Gasteiger partial charge in [0.2, 0.25) is 0 Å². The van der Waals surface area contributed by atoms with E-state index >= 15 is 0 Å². The molecule has 0 aromatic heterocycles. The molecular weight excluding hydrogens is 315 g/mol. The topological polar surface area (TPSA) is 84.5 Å². The number of carbonyl (C=O) groups is 3. The molecule has 3 amide bonds. The zero-order chi connectivity index (χ0) is 17.5. The van der Waals surface area contributed by atoms with E-state index in [1.807, 2.05) is 0 Å². The van der Waals surface area contributed by atoms with Crippen molar-refractivity contribution >= 4 is 17.9 Å². The quantitative estimate of drug-likeness (QED) is 0.806. The second-order valence-corrected chi connectivity index (χ2v) is 5.88. The zero-order valence-corrected chi connectivity index (χ0v) is 13.5. The Balaban J connectivity index is 1.75. The average Bonchev–Trinajstić information content (AvgIpc) is 2.99. The molecule has 2 rings (SSSR count). The number of benzene rings is 1. The minimum Gasteiger partial charge on any atom is -0.452 e. The van der Waals surface area contributed by atoms with Gasteiger partial charge < -0.3 is 10.1 Å². The van der Waals surface area contributed by atoms with Gasteiger partial charge in [0.05, 0.1) is 6.42 Å². The molecule has 2 N–H and O–H groups in total. The molecule has 0 aliphatic heterocycles. The van der Waals surface area contributed by atoms with Crippen molar-refractivity contribution in [3.05, 3.63) is 35.6 Å². The molecular formula is C17H21FN2O4. The van der Waals surface area contributed by atoms with Crippen molar-refractivity contribution in [2.75, 3.05) is 0 Å². The van der Waals surface area contributed by atoms with Crippen LogP contribution in [0.5, 0.6) is 0 Å². The van der Waals surface area contributed by atoms with E-state index < -0.39 is 29.8 Å². The zero-order valence-electron chi connectivity index (χ0n) is 13.5. The number of amides is 3. The molecule has 1 aliphatic rings. The first-order valence-electron chi connectivity index (χ1n) is 7.99. The van der Waals surface area contributed by atoms with Crippen LogP contribution in [0.2, 0.25) is 0 Å². The Morgan fingerprint density at radius 1 is 1.29 bits per heavy atom. The molecule has 1 atom stereocenters. The molecule has 24 heavy (non-hydrogen) atoms. The molecule has 7 heteroatoms. The Labute approximate surface area is 139 Å². The number of halogens is 1. The van der Waals surface area contributed by atoms with Crippen LogP contribution in [0.4, 0.5) is 9.18 Å². The normalized spacial score (nSPS) is 15.6. The van der Waals surface area contributed by atoms with E-state index in [2.05, 4.69) is 10.6 Å². The summed E-state index contributed by atoms with van der Waals surface area (Å²) in [6.45, 7) is 1.38. The van der Waals surface area contributed by atoms with Gasteiger partial charge in [0.25, 0.3) is 5.91 Å². The van der Waals surface area contributed by atoms with Crippen molar-refractivity contribution < 1.29 is 23.5 Å². The van der Waals surface area contributed by atoms with Crippen LogP contribution in [0.1, 0.15) is 38.2 Å². The first-order chi connectivity index (χ1) is 11.4. The fraction of sp³-hybridized carbons (Fsp3) is 0.471. The van der Waals surface area contributed by atoms with Crippen LogP contribution >= 0.6 is 0 Å². The summed E-state index contributed by atoms with van der Waals surface area (Å²) in [5.41, 5.74) is 0.451. The molecule has 1 aliphatic carbocycles. The highest BCUT2D eigenvalue weighted by atomic mass is 19.1. The fourth-order valence-corrected chi connectivity index (χ4v) is 2.61. The standard InChI is InChI=1S/C17H21FN2O4/c1-11(16(22)20-17(23)19-14-7-2-3-8-14)24-15(21)10-12-5-4-6-13(18)9-12/h4-6,9,11,14H,2-3,7-8,10H2,1H3,(H2,19,20,22,23)/t11-/m1/s1. The summed E-state index contributed by atoms with van der Waals surface area (Å²) in [6.07, 6.45) is 2.67. The van der Waals surface area contributed by atoms with Crippen molar-refractivity contribution in [3.8, 4) is 0 Å². The van der Waals surface area contributed by atoms with Gasteiger partial charge in [-0.25, -0.2) is 9.18 Å². The van der Waals surface area contributed by atoms with E-state index in [-0.39, 0.29) is 12.5 Å². The molecule has 0 spiro atoms. The minimum absolute atomic E-state index is 0.0867. The van der Waals surface area contributed by atoms with Crippen LogP contribution in [-0.2, 0) is 20.7 Å². The number of urea groups is 1. The number of imide groups is 1. The predicted octanol–water partition coefficient (Wildman–Crippen LogP) is 2.07. The van der Waals surface area contributed by atoms with Gasteiger partial charge in [-0.2, -0.15) is 0 Å². The van der Waals surface area contributed by atoms with Gasteiger partial charge in [0.15, 0.2) is 6.10 Å². The Hall–Kier alpha value is -2.44. The lowest BCUT2D eigenvalue weighted by Crippen LogP contribution is -2.47. The first kappa shape index (κ1) is 17.9. The van der Waals surface area contributed by atoms with E-state index in [9.17, 15) is 18.8 Å². The third-order valence-corrected chi connectivity index (χ3v) is 3.84. The van der Waals surface area contributed by atoms with E-state index in [0.29, 0.717) is 5.56 Å². The van der Waals surface area contributed by atoms with E-state index in [1.54, 1.807) is 6.07 Å². The summed E-state index contributed by atoms with van der Waals surface area (Å²) in [7, 11) is 0. The maximum Gasteiger partial charge on any atom is 0.321 e. The van der Waals surface area contributed by atoms with Crippen LogP contribution in [0.3, 0.4) is 0 Å². The molecule has 1 aromatic rings. The highest BCUT2D eigenvalue weighted by Crippen LogP contribution is 2.17. The largest absolute Gasteiger partial charge is 0.452 e. The smallest absolute Gasteiger partial charge is 0.321 e. The molecule has 1 aromatic carbocycles. The van der Waals surface area contributed by atoms with Gasteiger partial charge in [0.1, 0.15) is 5.82 Å². The van der Waals surface area contributed by atoms with Crippen molar-refractivity contribution in [2.45, 2.75) is 51.2 Å². The maximum absolute atomic E-state index is 13.1. The van der Waals surface area contributed by atoms with Gasteiger partial charge in [-0.3, -0.25) is 14.9 Å². The number of esters is 1. The minimum atomic E-state index is -1.11. The lowest BCUT2D eigenvalue weighted by Gasteiger charge is -2.15. The summed E-state index contributed by atoms with van der Waals surface area (Å²) in [5.74, 6) is -1.81. The van der Waals surface area contributed by atoms with Crippen molar-refractivity contribution in [3.63, 3.8) is 0 Å². The Morgan fingerprint density at radius 2 is 2.00 bits per heavy atom. The Kier molecular flexibility index (Phi) is 6.28. The third-order valence-electron chi connectivity index (χ3n) is 3.84. The lowest BCUT2D eigenvalue weighted by atomic mass is 10.1. The fourth-order valence-electron chi connectivity index (χ4n) is 2.61. The number of carbonyl (C=O) groups excluding carboxylic acids is 3. The number of hydrogen-bond donors (Lipinski definition) is 2. The molecule has 1 saturated carbocycles. The summed E-state index contributed by atoms with van der Waals surface area (Å²) in [4.78, 5) is 35.3. The second kappa shape index (κ2) is 8.42. The summed E-state index contributed by atoms with van der Waals surface area (Å²) in [5, 5.41) is 4.87. The molecule has 1 fully saturated rings. The number of hydrogen-bond acceptors (Lipinski definition) is 4. The number of ether oxygens (including phenoxy) is 1. The summed E-state index contributed by atoms with van der Waals surface area (Å²) < 4.78 is 18.0. The number of nitrogens with one attached hydrogen (secondary N) is 2. The second-order valence-electron chi connectivity index (χ2n) is 5.88. The lowest BCUT2D eigenvalue weighted by molar-refractivity contribution is -0.153. The molecule has 0 saturated heterocycles. The number of rotatable bonds is 5. The summed E-state index contributed by atoms with van der Waals surface area (Å²) in [6, 6.07) is 5.07. The van der Waals surface area contributed by atoms with Crippen LogP contribution in [0.15, 0.2) is 24.3 Å². The van der Waals surface area contributed by atoms with E-state index in [4.69, 9.17) is 4.74 Å². The third kappa shape index (κ3) is 5.64. The average molecular weight is 336 g/mol. The molecule has 0 bridgehead atoms. The van der Waals surface area contributed by atoms with Crippen LogP contribution in [0.25, 0.3) is 0 Å². The highest BCUT2D eigenvalue weighted by molar-refractivity contribution is 5.97. The van der Waals surface area contributed by atoms with Crippen molar-refractivity contribution in [2.24, 2.45) is 0 Å². The van der Waals surface area contributed by atoms with Gasteiger partial charge in [-0.15, -0.1) is 0 Å². The van der Waals surface area contributed by atoms with Crippen molar-refractivity contribution in [1.29, 1.82) is 0 Å². The molecule has 6 nitrogen and oxygen atoms in total. The first-order valence-corrected chi connectivity index (χ1v) is 7.99. The Morgan fingerprint density at radius 3 is 2.67 bits per heavy atom. The SMILES string of the molecule is C[C@@H](OC(=O)Cc1cccc(F)c1)C(=O)NC(=O)NC1CCCC1. The monoisotopic (exact) mass is 336 g/mol. The molecule has 0 radical (unpaired) electrons. The molecule has 0 heterocycles. The molecule has 0 unspecified atom stereocenters. The van der Waals surface area contributed by atoms with Gasteiger partial charge in [-0.1, -0.05) is 25.0 Å². The Bertz CT molecular complexity index is 614. The highest BCUT2D eigenvalue weighted by Gasteiger charge is 2.22. The van der Waals surface area contributed by atoms with Gasteiger partial charge in [-0.05, 0) is 37.5 Å². The van der Waals surface area contributed by atoms with Crippen LogP contribution < -0.4 is 10.6 Å². The van der Waals surface area contributed by atoms with E-state index in [0.717, 1.165) is 25.7 Å². The predicted molar refractivity (Wildman–Crippen MR) is 84.6 cm³/mol. The van der Waals surface area contributed by atoms with Crippen LogP contribution in [-0.4, -0.2) is 30.1 Å². The van der Waals surface area contributed by atoms with Crippen LogP contribution in [0, 0.1) is 5.82 Å². The van der Waals surface area contributed by atoms with Gasteiger partial charge >= 0.3 is 12.0 Å².